The molecular formula is C11H16N4O3S. The fraction of sp³-hybridized carbons (Fsp3) is 0.455. The van der Waals surface area contributed by atoms with Gasteiger partial charge >= 0.3 is 0 Å². The molecule has 0 radical (unpaired) electrons. The Kier molecular flexibility index (Phi) is 3.72. The number of amides is 1. The molecule has 1 aliphatic rings. The Bertz CT molecular complexity index is 587. The lowest BCUT2D eigenvalue weighted by molar-refractivity contribution is -0.132. The van der Waals surface area contributed by atoms with Crippen LogP contribution in [0, 0.1) is 0 Å². The van der Waals surface area contributed by atoms with E-state index in [1.54, 1.807) is 20.2 Å². The number of nitrogens with zero attached hydrogens (tertiary/aromatic N) is 3. The number of pyridine rings is 1. The van der Waals surface area contributed by atoms with Gasteiger partial charge in [0.15, 0.2) is 0 Å². The summed E-state index contributed by atoms with van der Waals surface area (Å²) >= 11 is 0. The number of rotatable bonds is 3. The first kappa shape index (κ1) is 13.8. The zero-order valence-electron chi connectivity index (χ0n) is 10.8. The minimum absolute atomic E-state index is 0.0925. The Morgan fingerprint density at radius 3 is 2.74 bits per heavy atom. The average Bonchev–Trinajstić information content (AvgIpc) is 2.41. The summed E-state index contributed by atoms with van der Waals surface area (Å²) in [4.78, 5) is 17.1. The van der Waals surface area contributed by atoms with Gasteiger partial charge < -0.3 is 10.2 Å². The third-order valence-electron chi connectivity index (χ3n) is 3.09. The molecule has 7 nitrogen and oxygen atoms in total. The van der Waals surface area contributed by atoms with Gasteiger partial charge in [0.1, 0.15) is 4.90 Å². The van der Waals surface area contributed by atoms with Gasteiger partial charge in [0.2, 0.25) is 15.9 Å². The largest absolute Gasteiger partial charge is 0.387 e. The van der Waals surface area contributed by atoms with Gasteiger partial charge in [-0.05, 0) is 6.07 Å². The maximum atomic E-state index is 12.5. The summed E-state index contributed by atoms with van der Waals surface area (Å²) in [6.07, 6.45) is 2.81. The lowest BCUT2D eigenvalue weighted by Crippen LogP contribution is -2.50. The lowest BCUT2D eigenvalue weighted by Gasteiger charge is -2.31. The Balaban J connectivity index is 2.35. The van der Waals surface area contributed by atoms with E-state index in [2.05, 4.69) is 10.3 Å². The maximum Gasteiger partial charge on any atom is 0.247 e. The Morgan fingerprint density at radius 2 is 2.11 bits per heavy atom. The van der Waals surface area contributed by atoms with Crippen molar-refractivity contribution in [1.29, 1.82) is 0 Å². The van der Waals surface area contributed by atoms with E-state index in [1.165, 1.54) is 21.6 Å². The standard InChI is InChI=1S/C11H16N4O3S/c1-12-9-3-4-13-7-10(9)19(17,18)15-6-5-14(2)11(16)8-15/h3-4,7H,5-6,8H2,1-2H3,(H,12,13). The van der Waals surface area contributed by atoms with E-state index in [4.69, 9.17) is 0 Å². The summed E-state index contributed by atoms with van der Waals surface area (Å²) in [5.74, 6) is -0.204. The topological polar surface area (TPSA) is 82.6 Å². The molecule has 1 aliphatic heterocycles. The molecule has 2 rings (SSSR count). The van der Waals surface area contributed by atoms with E-state index >= 15 is 0 Å². The third-order valence-corrected chi connectivity index (χ3v) is 4.97. The van der Waals surface area contributed by atoms with Crippen LogP contribution in [0.15, 0.2) is 23.4 Å². The minimum atomic E-state index is -3.70. The molecular weight excluding hydrogens is 268 g/mol. The fourth-order valence-corrected chi connectivity index (χ4v) is 3.40. The molecule has 1 amide bonds. The van der Waals surface area contributed by atoms with Crippen molar-refractivity contribution in [3.05, 3.63) is 18.5 Å². The molecule has 0 saturated carbocycles. The van der Waals surface area contributed by atoms with Crippen LogP contribution >= 0.6 is 0 Å². The molecule has 8 heteroatoms. The molecule has 1 N–H and O–H groups in total. The van der Waals surface area contributed by atoms with Gasteiger partial charge in [0.25, 0.3) is 0 Å². The highest BCUT2D eigenvalue weighted by atomic mass is 32.2. The van der Waals surface area contributed by atoms with Crippen LogP contribution in [0.2, 0.25) is 0 Å². The van der Waals surface area contributed by atoms with Gasteiger partial charge in [-0.25, -0.2) is 8.42 Å². The Morgan fingerprint density at radius 1 is 1.37 bits per heavy atom. The second-order valence-electron chi connectivity index (χ2n) is 4.28. The van der Waals surface area contributed by atoms with Crippen molar-refractivity contribution in [3.8, 4) is 0 Å². The normalized spacial score (nSPS) is 17.6. The van der Waals surface area contributed by atoms with E-state index in [9.17, 15) is 13.2 Å². The quantitative estimate of drug-likeness (QED) is 0.815. The zero-order valence-corrected chi connectivity index (χ0v) is 11.6. The predicted octanol–water partition coefficient (Wildman–Crippen LogP) is -0.414. The summed E-state index contributed by atoms with van der Waals surface area (Å²) in [5.41, 5.74) is 0.473. The molecule has 104 valence electrons. The lowest BCUT2D eigenvalue weighted by atomic mass is 10.4. The second-order valence-corrected chi connectivity index (χ2v) is 6.18. The highest BCUT2D eigenvalue weighted by molar-refractivity contribution is 7.89. The molecule has 0 unspecified atom stereocenters. The van der Waals surface area contributed by atoms with Crippen molar-refractivity contribution in [3.63, 3.8) is 0 Å². The Hall–Kier alpha value is -1.67. The van der Waals surface area contributed by atoms with Gasteiger partial charge in [-0.2, -0.15) is 4.31 Å². The van der Waals surface area contributed by atoms with E-state index in [1.807, 2.05) is 0 Å². The number of carbonyl (C=O) groups excluding carboxylic acids is 1. The number of sulfonamides is 1. The van der Waals surface area contributed by atoms with Crippen molar-refractivity contribution in [2.24, 2.45) is 0 Å². The molecule has 0 bridgehead atoms. The van der Waals surface area contributed by atoms with Crippen molar-refractivity contribution in [1.82, 2.24) is 14.2 Å². The molecule has 19 heavy (non-hydrogen) atoms. The number of hydrogen-bond acceptors (Lipinski definition) is 5. The van der Waals surface area contributed by atoms with Gasteiger partial charge in [-0.15, -0.1) is 0 Å². The monoisotopic (exact) mass is 284 g/mol. The van der Waals surface area contributed by atoms with Crippen molar-refractivity contribution < 1.29 is 13.2 Å². The summed E-state index contributed by atoms with van der Waals surface area (Å²) in [6, 6.07) is 1.59. The second kappa shape index (κ2) is 5.14. The molecule has 2 heterocycles. The molecule has 0 aliphatic carbocycles. The first-order valence-electron chi connectivity index (χ1n) is 5.82. The van der Waals surface area contributed by atoms with Crippen molar-refractivity contribution in [2.45, 2.75) is 4.90 Å². The molecule has 0 aromatic carbocycles. The molecule has 1 fully saturated rings. The number of nitrogens with one attached hydrogen (secondary N) is 1. The molecule has 1 aromatic heterocycles. The first-order valence-corrected chi connectivity index (χ1v) is 7.26. The van der Waals surface area contributed by atoms with Crippen LogP contribution < -0.4 is 5.32 Å². The molecule has 0 spiro atoms. The van der Waals surface area contributed by atoms with Crippen LogP contribution in [0.3, 0.4) is 0 Å². The van der Waals surface area contributed by atoms with Crippen LogP contribution in [0.4, 0.5) is 5.69 Å². The van der Waals surface area contributed by atoms with E-state index < -0.39 is 10.0 Å². The highest BCUT2D eigenvalue weighted by Gasteiger charge is 2.32. The molecule has 1 aromatic rings. The SMILES string of the molecule is CNc1ccncc1S(=O)(=O)N1CCN(C)C(=O)C1. The van der Waals surface area contributed by atoms with E-state index in [0.717, 1.165) is 0 Å². The maximum absolute atomic E-state index is 12.5. The van der Waals surface area contributed by atoms with E-state index in [-0.39, 0.29) is 17.3 Å². The summed E-state index contributed by atoms with van der Waals surface area (Å²) in [5, 5.41) is 2.82. The predicted molar refractivity (Wildman–Crippen MR) is 70.2 cm³/mol. The smallest absolute Gasteiger partial charge is 0.247 e. The van der Waals surface area contributed by atoms with Gasteiger partial charge in [0, 0.05) is 39.6 Å². The van der Waals surface area contributed by atoms with Crippen molar-refractivity contribution >= 4 is 21.6 Å². The number of anilines is 1. The van der Waals surface area contributed by atoms with Crippen LogP contribution in [0.1, 0.15) is 0 Å². The number of hydrogen-bond donors (Lipinski definition) is 1. The highest BCUT2D eigenvalue weighted by Crippen LogP contribution is 2.23. The van der Waals surface area contributed by atoms with Gasteiger partial charge in [0.05, 0.1) is 12.2 Å². The number of piperazine rings is 1. The number of carbonyl (C=O) groups is 1. The van der Waals surface area contributed by atoms with Crippen LogP contribution in [0.5, 0.6) is 0 Å². The average molecular weight is 284 g/mol. The van der Waals surface area contributed by atoms with Crippen LogP contribution in [-0.2, 0) is 14.8 Å². The summed E-state index contributed by atoms with van der Waals surface area (Å²) in [7, 11) is -0.396. The Labute approximate surface area is 112 Å². The summed E-state index contributed by atoms with van der Waals surface area (Å²) in [6.45, 7) is 0.562. The summed E-state index contributed by atoms with van der Waals surface area (Å²) < 4.78 is 26.2. The zero-order chi connectivity index (χ0) is 14.0. The first-order chi connectivity index (χ1) is 8.96. The number of likely N-dealkylation sites (N-methyl/N-ethyl adjacent to an activating group) is 1. The van der Waals surface area contributed by atoms with Gasteiger partial charge in [-0.3, -0.25) is 9.78 Å². The molecule has 1 saturated heterocycles. The van der Waals surface area contributed by atoms with Crippen LogP contribution in [-0.4, -0.2) is 62.2 Å². The molecule has 0 atom stereocenters. The fourth-order valence-electron chi connectivity index (χ4n) is 1.87. The van der Waals surface area contributed by atoms with Crippen LogP contribution in [0.25, 0.3) is 0 Å². The van der Waals surface area contributed by atoms with E-state index in [0.29, 0.717) is 18.8 Å². The van der Waals surface area contributed by atoms with Crippen molar-refractivity contribution in [2.75, 3.05) is 39.0 Å². The third kappa shape index (κ3) is 2.54. The van der Waals surface area contributed by atoms with Gasteiger partial charge in [-0.1, -0.05) is 0 Å². The number of aromatic nitrogens is 1. The minimum Gasteiger partial charge on any atom is -0.387 e.